The Hall–Kier alpha value is -2.67. The van der Waals surface area contributed by atoms with E-state index in [1.807, 2.05) is 0 Å². The summed E-state index contributed by atoms with van der Waals surface area (Å²) in [5.74, 6) is -0.288. The van der Waals surface area contributed by atoms with Crippen molar-refractivity contribution in [3.63, 3.8) is 0 Å². The van der Waals surface area contributed by atoms with Crippen molar-refractivity contribution in [3.8, 4) is 11.3 Å². The van der Waals surface area contributed by atoms with E-state index in [2.05, 4.69) is 0 Å². The van der Waals surface area contributed by atoms with Gasteiger partial charge in [0, 0.05) is 17.7 Å². The van der Waals surface area contributed by atoms with Crippen LogP contribution in [0.3, 0.4) is 0 Å². The maximum absolute atomic E-state index is 10.7. The second-order valence-corrected chi connectivity index (χ2v) is 4.21. The number of nitro groups is 1. The molecular formula is C13H12N2O5. The Morgan fingerprint density at radius 1 is 1.40 bits per heavy atom. The van der Waals surface area contributed by atoms with Crippen molar-refractivity contribution in [1.29, 1.82) is 0 Å². The molecule has 0 saturated carbocycles. The van der Waals surface area contributed by atoms with Crippen LogP contribution >= 0.6 is 0 Å². The van der Waals surface area contributed by atoms with Crippen molar-refractivity contribution in [2.45, 2.75) is 12.5 Å². The summed E-state index contributed by atoms with van der Waals surface area (Å²) in [6, 6.07) is 8.40. The van der Waals surface area contributed by atoms with Crippen molar-refractivity contribution >= 4 is 11.7 Å². The topological polar surface area (TPSA) is 120 Å². The van der Waals surface area contributed by atoms with E-state index in [0.717, 1.165) is 0 Å². The quantitative estimate of drug-likeness (QED) is 0.638. The van der Waals surface area contributed by atoms with Gasteiger partial charge in [0.2, 0.25) is 0 Å². The zero-order valence-electron chi connectivity index (χ0n) is 10.4. The SMILES string of the molecule is NC(CC(=O)O)c1ccc(-c2cccc([N+](=O)[O-])c2)o1. The smallest absolute Gasteiger partial charge is 0.305 e. The molecule has 1 heterocycles. The lowest BCUT2D eigenvalue weighted by Crippen LogP contribution is -2.14. The molecule has 0 amide bonds. The van der Waals surface area contributed by atoms with E-state index in [1.54, 1.807) is 24.3 Å². The number of nitrogens with zero attached hydrogens (tertiary/aromatic N) is 1. The lowest BCUT2D eigenvalue weighted by molar-refractivity contribution is -0.384. The number of aliphatic carboxylic acids is 1. The molecule has 1 atom stereocenters. The Morgan fingerprint density at radius 3 is 2.80 bits per heavy atom. The molecule has 7 heteroatoms. The molecule has 20 heavy (non-hydrogen) atoms. The molecule has 3 N–H and O–H groups in total. The fraction of sp³-hybridized carbons (Fsp3) is 0.154. The van der Waals surface area contributed by atoms with Crippen LogP contribution < -0.4 is 5.73 Å². The predicted molar refractivity (Wildman–Crippen MR) is 70.0 cm³/mol. The van der Waals surface area contributed by atoms with Gasteiger partial charge in [0.1, 0.15) is 11.5 Å². The van der Waals surface area contributed by atoms with Gasteiger partial charge in [-0.3, -0.25) is 14.9 Å². The largest absolute Gasteiger partial charge is 0.481 e. The molecule has 2 rings (SSSR count). The fourth-order valence-corrected chi connectivity index (χ4v) is 1.77. The third-order valence-corrected chi connectivity index (χ3v) is 2.73. The molecule has 104 valence electrons. The number of carboxylic acid groups (broad SMARTS) is 1. The van der Waals surface area contributed by atoms with Gasteiger partial charge >= 0.3 is 5.97 Å². The Balaban J connectivity index is 2.26. The van der Waals surface area contributed by atoms with Crippen LogP contribution in [0.5, 0.6) is 0 Å². The summed E-state index contributed by atoms with van der Waals surface area (Å²) >= 11 is 0. The van der Waals surface area contributed by atoms with Gasteiger partial charge in [0.15, 0.2) is 0 Å². The first-order valence-electron chi connectivity index (χ1n) is 5.79. The van der Waals surface area contributed by atoms with Crippen LogP contribution in [0.15, 0.2) is 40.8 Å². The fourth-order valence-electron chi connectivity index (χ4n) is 1.77. The minimum Gasteiger partial charge on any atom is -0.481 e. The van der Waals surface area contributed by atoms with Crippen molar-refractivity contribution in [3.05, 3.63) is 52.3 Å². The van der Waals surface area contributed by atoms with E-state index >= 15 is 0 Å². The normalized spacial score (nSPS) is 12.1. The molecule has 0 aliphatic rings. The maximum Gasteiger partial charge on any atom is 0.305 e. The van der Waals surface area contributed by atoms with E-state index in [1.165, 1.54) is 12.1 Å². The van der Waals surface area contributed by atoms with Gasteiger partial charge in [-0.25, -0.2) is 0 Å². The van der Waals surface area contributed by atoms with Gasteiger partial charge in [-0.15, -0.1) is 0 Å². The summed E-state index contributed by atoms with van der Waals surface area (Å²) in [5.41, 5.74) is 6.17. The first-order valence-corrected chi connectivity index (χ1v) is 5.79. The van der Waals surface area contributed by atoms with Crippen LogP contribution in [0.4, 0.5) is 5.69 Å². The van der Waals surface area contributed by atoms with E-state index in [0.29, 0.717) is 17.1 Å². The number of non-ortho nitro benzene ring substituents is 1. The third kappa shape index (κ3) is 3.01. The van der Waals surface area contributed by atoms with Crippen LogP contribution in [0, 0.1) is 10.1 Å². The van der Waals surface area contributed by atoms with Gasteiger partial charge in [-0.05, 0) is 12.1 Å². The molecule has 7 nitrogen and oxygen atoms in total. The molecule has 0 bridgehead atoms. The second kappa shape index (κ2) is 5.54. The third-order valence-electron chi connectivity index (χ3n) is 2.73. The zero-order chi connectivity index (χ0) is 14.7. The second-order valence-electron chi connectivity index (χ2n) is 4.21. The molecule has 1 aromatic carbocycles. The molecule has 1 unspecified atom stereocenters. The summed E-state index contributed by atoms with van der Waals surface area (Å²) in [6.07, 6.45) is -0.248. The summed E-state index contributed by atoms with van der Waals surface area (Å²) in [5, 5.41) is 19.4. The molecule has 2 aromatic rings. The van der Waals surface area contributed by atoms with Crippen LogP contribution in [-0.4, -0.2) is 16.0 Å². The van der Waals surface area contributed by atoms with Crippen molar-refractivity contribution in [2.75, 3.05) is 0 Å². The average molecular weight is 276 g/mol. The number of carbonyl (C=O) groups is 1. The van der Waals surface area contributed by atoms with Crippen LogP contribution in [0.2, 0.25) is 0 Å². The first kappa shape index (κ1) is 13.8. The summed E-state index contributed by atoms with van der Waals surface area (Å²) in [4.78, 5) is 20.8. The minimum atomic E-state index is -1.02. The number of hydrogen-bond donors (Lipinski definition) is 2. The van der Waals surface area contributed by atoms with Gasteiger partial charge in [-0.2, -0.15) is 0 Å². The van der Waals surface area contributed by atoms with Crippen LogP contribution in [-0.2, 0) is 4.79 Å². The molecule has 0 spiro atoms. The first-order chi connectivity index (χ1) is 9.47. The van der Waals surface area contributed by atoms with Crippen LogP contribution in [0.25, 0.3) is 11.3 Å². The van der Waals surface area contributed by atoms with E-state index < -0.39 is 16.9 Å². The van der Waals surface area contributed by atoms with E-state index in [9.17, 15) is 14.9 Å². The van der Waals surface area contributed by atoms with E-state index in [4.69, 9.17) is 15.3 Å². The summed E-state index contributed by atoms with van der Waals surface area (Å²) < 4.78 is 5.46. The summed E-state index contributed by atoms with van der Waals surface area (Å²) in [7, 11) is 0. The summed E-state index contributed by atoms with van der Waals surface area (Å²) in [6.45, 7) is 0. The lowest BCUT2D eigenvalue weighted by Gasteiger charge is -2.04. The minimum absolute atomic E-state index is 0.0460. The van der Waals surface area contributed by atoms with Crippen molar-refractivity contribution in [1.82, 2.24) is 0 Å². The highest BCUT2D eigenvalue weighted by molar-refractivity contribution is 5.68. The zero-order valence-corrected chi connectivity index (χ0v) is 10.4. The molecular weight excluding hydrogens is 264 g/mol. The number of furan rings is 1. The Labute approximate surface area is 113 Å². The monoisotopic (exact) mass is 276 g/mol. The van der Waals surface area contributed by atoms with Gasteiger partial charge in [-0.1, -0.05) is 12.1 Å². The maximum atomic E-state index is 10.7. The number of nitrogens with two attached hydrogens (primary N) is 1. The number of rotatable bonds is 5. The van der Waals surface area contributed by atoms with Crippen LogP contribution in [0.1, 0.15) is 18.2 Å². The highest BCUT2D eigenvalue weighted by Gasteiger charge is 2.16. The van der Waals surface area contributed by atoms with Gasteiger partial charge < -0.3 is 15.3 Å². The lowest BCUT2D eigenvalue weighted by atomic mass is 10.1. The molecule has 0 aliphatic heterocycles. The molecule has 0 saturated heterocycles. The standard InChI is InChI=1S/C13H12N2O5/c14-10(7-13(16)17)12-5-4-11(20-12)8-2-1-3-9(6-8)15(18)19/h1-6,10H,7,14H2,(H,16,17). The van der Waals surface area contributed by atoms with Gasteiger partial charge in [0.05, 0.1) is 17.4 Å². The molecule has 0 aliphatic carbocycles. The Kier molecular flexibility index (Phi) is 3.81. The molecule has 0 fully saturated rings. The number of carboxylic acids is 1. The van der Waals surface area contributed by atoms with Gasteiger partial charge in [0.25, 0.3) is 5.69 Å². The predicted octanol–water partition coefficient (Wildman–Crippen LogP) is 2.33. The Morgan fingerprint density at radius 2 is 2.15 bits per heavy atom. The van der Waals surface area contributed by atoms with Crippen molar-refractivity contribution in [2.24, 2.45) is 5.73 Å². The number of nitro benzene ring substituents is 1. The Bertz CT molecular complexity index is 650. The van der Waals surface area contributed by atoms with Crippen molar-refractivity contribution < 1.29 is 19.2 Å². The number of benzene rings is 1. The highest BCUT2D eigenvalue weighted by atomic mass is 16.6. The highest BCUT2D eigenvalue weighted by Crippen LogP contribution is 2.28. The average Bonchev–Trinajstić information content (AvgIpc) is 2.87. The van der Waals surface area contributed by atoms with E-state index in [-0.39, 0.29) is 12.1 Å². The number of hydrogen-bond acceptors (Lipinski definition) is 5. The molecule has 0 radical (unpaired) electrons. The molecule has 1 aromatic heterocycles.